The monoisotopic (exact) mass is 299 g/mol. The van der Waals surface area contributed by atoms with E-state index in [2.05, 4.69) is 12.2 Å². The van der Waals surface area contributed by atoms with Crippen molar-refractivity contribution in [2.45, 2.75) is 64.1 Å². The fourth-order valence-electron chi connectivity index (χ4n) is 3.22. The molecule has 0 aromatic rings. The van der Waals surface area contributed by atoms with Crippen LogP contribution in [-0.2, 0) is 9.47 Å². The van der Waals surface area contributed by atoms with E-state index >= 15 is 0 Å². The summed E-state index contributed by atoms with van der Waals surface area (Å²) in [6.07, 6.45) is 8.52. The second kappa shape index (κ2) is 8.47. The Kier molecular flexibility index (Phi) is 6.93. The van der Waals surface area contributed by atoms with Crippen molar-refractivity contribution in [2.75, 3.05) is 33.4 Å². The molecule has 4 heteroatoms. The molecule has 4 nitrogen and oxygen atoms in total. The lowest BCUT2D eigenvalue weighted by Crippen LogP contribution is -2.35. The van der Waals surface area contributed by atoms with Gasteiger partial charge in [0.2, 0.25) is 0 Å². The minimum absolute atomic E-state index is 0.368. The Morgan fingerprint density at radius 3 is 2.57 bits per heavy atom. The van der Waals surface area contributed by atoms with Crippen molar-refractivity contribution in [1.29, 1.82) is 0 Å². The molecule has 21 heavy (non-hydrogen) atoms. The Morgan fingerprint density at radius 2 is 1.95 bits per heavy atom. The Labute approximate surface area is 129 Å². The highest BCUT2D eigenvalue weighted by atomic mass is 16.5. The summed E-state index contributed by atoms with van der Waals surface area (Å²) in [7, 11) is 1.76. The minimum Gasteiger partial charge on any atom is -0.389 e. The van der Waals surface area contributed by atoms with Crippen LogP contribution in [0.5, 0.6) is 0 Å². The third-order valence-corrected chi connectivity index (χ3v) is 5.16. The van der Waals surface area contributed by atoms with Gasteiger partial charge >= 0.3 is 0 Å². The van der Waals surface area contributed by atoms with Gasteiger partial charge in [0.15, 0.2) is 0 Å². The second-order valence-corrected chi connectivity index (χ2v) is 7.24. The first-order chi connectivity index (χ1) is 10.1. The maximum Gasteiger partial charge on any atom is 0.0897 e. The molecule has 1 atom stereocenters. The molecule has 0 bridgehead atoms. The van der Waals surface area contributed by atoms with Crippen LogP contribution in [0.15, 0.2) is 0 Å². The van der Waals surface area contributed by atoms with E-state index in [4.69, 9.17) is 9.47 Å². The molecule has 0 aliphatic heterocycles. The Bertz CT molecular complexity index is 286. The van der Waals surface area contributed by atoms with Gasteiger partial charge in [0.1, 0.15) is 0 Å². The molecule has 2 aliphatic rings. The minimum atomic E-state index is -0.387. The van der Waals surface area contributed by atoms with Gasteiger partial charge in [0.05, 0.1) is 18.8 Å². The molecule has 2 aliphatic carbocycles. The smallest absolute Gasteiger partial charge is 0.0897 e. The van der Waals surface area contributed by atoms with Gasteiger partial charge in [-0.3, -0.25) is 0 Å². The maximum absolute atomic E-state index is 10.0. The van der Waals surface area contributed by atoms with Crippen molar-refractivity contribution in [3.05, 3.63) is 0 Å². The SMILES string of the molecule is COCCC1(CNCC(O)COC2CCC(C)CC2)CC1. The van der Waals surface area contributed by atoms with E-state index < -0.39 is 0 Å². The van der Waals surface area contributed by atoms with Crippen LogP contribution in [0, 0.1) is 11.3 Å². The number of hydrogen-bond acceptors (Lipinski definition) is 4. The van der Waals surface area contributed by atoms with Gasteiger partial charge in [0.25, 0.3) is 0 Å². The molecule has 2 saturated carbocycles. The third kappa shape index (κ3) is 6.23. The van der Waals surface area contributed by atoms with Crippen molar-refractivity contribution >= 4 is 0 Å². The van der Waals surface area contributed by atoms with E-state index in [1.54, 1.807) is 7.11 Å². The van der Waals surface area contributed by atoms with Gasteiger partial charge in [-0.05, 0) is 56.3 Å². The van der Waals surface area contributed by atoms with Gasteiger partial charge in [-0.1, -0.05) is 6.92 Å². The van der Waals surface area contributed by atoms with Crippen LogP contribution in [0.4, 0.5) is 0 Å². The number of aliphatic hydroxyl groups is 1. The molecule has 0 radical (unpaired) electrons. The van der Waals surface area contributed by atoms with E-state index in [-0.39, 0.29) is 6.10 Å². The van der Waals surface area contributed by atoms with Crippen molar-refractivity contribution in [2.24, 2.45) is 11.3 Å². The fourth-order valence-corrected chi connectivity index (χ4v) is 3.22. The molecule has 1 unspecified atom stereocenters. The Morgan fingerprint density at radius 1 is 1.24 bits per heavy atom. The summed E-state index contributed by atoms with van der Waals surface area (Å²) in [5.74, 6) is 0.846. The fraction of sp³-hybridized carbons (Fsp3) is 1.00. The summed E-state index contributed by atoms with van der Waals surface area (Å²) in [6.45, 7) is 5.25. The van der Waals surface area contributed by atoms with E-state index in [0.717, 1.165) is 38.3 Å². The van der Waals surface area contributed by atoms with Crippen LogP contribution in [0.2, 0.25) is 0 Å². The van der Waals surface area contributed by atoms with Gasteiger partial charge in [-0.15, -0.1) is 0 Å². The lowest BCUT2D eigenvalue weighted by molar-refractivity contribution is -0.0280. The van der Waals surface area contributed by atoms with Crippen LogP contribution in [0.1, 0.15) is 51.9 Å². The first-order valence-electron chi connectivity index (χ1n) is 8.63. The largest absolute Gasteiger partial charge is 0.389 e. The average molecular weight is 299 g/mol. The molecule has 0 aromatic heterocycles. The molecular weight excluding hydrogens is 266 g/mol. The van der Waals surface area contributed by atoms with Crippen LogP contribution in [0.3, 0.4) is 0 Å². The summed E-state index contributed by atoms with van der Waals surface area (Å²) in [4.78, 5) is 0. The second-order valence-electron chi connectivity index (χ2n) is 7.24. The highest BCUT2D eigenvalue weighted by molar-refractivity contribution is 4.94. The molecule has 0 aromatic carbocycles. The lowest BCUT2D eigenvalue weighted by Gasteiger charge is -2.27. The molecule has 124 valence electrons. The number of hydrogen-bond donors (Lipinski definition) is 2. The summed E-state index contributed by atoms with van der Waals surface area (Å²) < 4.78 is 11.0. The predicted octanol–water partition coefficient (Wildman–Crippen LogP) is 2.35. The topological polar surface area (TPSA) is 50.7 Å². The first-order valence-corrected chi connectivity index (χ1v) is 8.63. The Hall–Kier alpha value is -0.160. The van der Waals surface area contributed by atoms with E-state index in [9.17, 15) is 5.11 Å². The normalized spacial score (nSPS) is 29.3. The molecule has 2 rings (SSSR count). The Balaban J connectivity index is 1.51. The third-order valence-electron chi connectivity index (χ3n) is 5.16. The summed E-state index contributed by atoms with van der Waals surface area (Å²) >= 11 is 0. The molecule has 0 spiro atoms. The van der Waals surface area contributed by atoms with Gasteiger partial charge in [0, 0.05) is 26.8 Å². The summed E-state index contributed by atoms with van der Waals surface area (Å²) in [6, 6.07) is 0. The summed E-state index contributed by atoms with van der Waals surface area (Å²) in [5, 5.41) is 13.4. The highest BCUT2D eigenvalue weighted by Crippen LogP contribution is 2.48. The van der Waals surface area contributed by atoms with Crippen LogP contribution in [-0.4, -0.2) is 50.7 Å². The maximum atomic E-state index is 10.0. The molecule has 0 saturated heterocycles. The van der Waals surface area contributed by atoms with Crippen LogP contribution >= 0.6 is 0 Å². The number of aliphatic hydroxyl groups excluding tert-OH is 1. The van der Waals surface area contributed by atoms with Crippen molar-refractivity contribution in [1.82, 2.24) is 5.32 Å². The van der Waals surface area contributed by atoms with Crippen molar-refractivity contribution < 1.29 is 14.6 Å². The van der Waals surface area contributed by atoms with E-state index in [0.29, 0.717) is 24.7 Å². The first kappa shape index (κ1) is 17.2. The molecule has 0 amide bonds. The molecule has 2 N–H and O–H groups in total. The van der Waals surface area contributed by atoms with E-state index in [1.807, 2.05) is 0 Å². The number of nitrogens with one attached hydrogen (secondary N) is 1. The lowest BCUT2D eigenvalue weighted by atomic mass is 9.89. The molecular formula is C17H33NO3. The van der Waals surface area contributed by atoms with E-state index in [1.165, 1.54) is 25.7 Å². The molecule has 0 heterocycles. The predicted molar refractivity (Wildman–Crippen MR) is 84.4 cm³/mol. The zero-order valence-corrected chi connectivity index (χ0v) is 13.8. The van der Waals surface area contributed by atoms with Gasteiger partial charge in [-0.25, -0.2) is 0 Å². The van der Waals surface area contributed by atoms with Gasteiger partial charge < -0.3 is 19.9 Å². The standard InChI is InChI=1S/C17H33NO3/c1-14-3-5-16(6-4-14)21-12-15(19)11-18-13-17(7-8-17)9-10-20-2/h14-16,18-19H,3-13H2,1-2H3. The van der Waals surface area contributed by atoms with Crippen LogP contribution in [0.25, 0.3) is 0 Å². The number of methoxy groups -OCH3 is 1. The summed E-state index contributed by atoms with van der Waals surface area (Å²) in [5.41, 5.74) is 0.441. The molecule has 2 fully saturated rings. The zero-order valence-electron chi connectivity index (χ0n) is 13.8. The van der Waals surface area contributed by atoms with Crippen molar-refractivity contribution in [3.63, 3.8) is 0 Å². The van der Waals surface area contributed by atoms with Crippen molar-refractivity contribution in [3.8, 4) is 0 Å². The highest BCUT2D eigenvalue weighted by Gasteiger charge is 2.41. The quantitative estimate of drug-likeness (QED) is 0.650. The van der Waals surface area contributed by atoms with Crippen LogP contribution < -0.4 is 5.32 Å². The van der Waals surface area contributed by atoms with Gasteiger partial charge in [-0.2, -0.15) is 0 Å². The average Bonchev–Trinajstić information content (AvgIpc) is 3.25. The number of rotatable bonds is 10. The number of ether oxygens (including phenoxy) is 2. The zero-order chi connectivity index (χ0) is 15.1.